The molecular formula is C15H20ClNO4. The highest BCUT2D eigenvalue weighted by Crippen LogP contribution is 2.11. The zero-order valence-corrected chi connectivity index (χ0v) is 13.1. The zero-order chi connectivity index (χ0) is 16.0. The minimum atomic E-state index is -1.02. The van der Waals surface area contributed by atoms with Crippen LogP contribution in [0.5, 0.6) is 0 Å². The number of ether oxygens (including phenoxy) is 1. The number of nitrogens with one attached hydrogen (secondary N) is 1. The first kappa shape index (κ1) is 17.5. The number of hydrogen-bond donors (Lipinski definition) is 2. The summed E-state index contributed by atoms with van der Waals surface area (Å²) in [5.41, 5.74) is 0.233. The van der Waals surface area contributed by atoms with Crippen LogP contribution < -0.4 is 5.32 Å². The lowest BCUT2D eigenvalue weighted by Crippen LogP contribution is -2.42. The maximum absolute atomic E-state index is 11.6. The van der Waals surface area contributed by atoms with Gasteiger partial charge in [-0.2, -0.15) is 0 Å². The van der Waals surface area contributed by atoms with Gasteiger partial charge in [0.15, 0.2) is 0 Å². The number of esters is 1. The fourth-order valence-electron chi connectivity index (χ4n) is 1.69. The molecule has 0 aliphatic carbocycles. The van der Waals surface area contributed by atoms with E-state index in [-0.39, 0.29) is 13.0 Å². The second kappa shape index (κ2) is 7.43. The van der Waals surface area contributed by atoms with Crippen LogP contribution in [0.2, 0.25) is 5.02 Å². The molecule has 0 saturated heterocycles. The van der Waals surface area contributed by atoms with E-state index in [4.69, 9.17) is 16.3 Å². The van der Waals surface area contributed by atoms with E-state index in [1.165, 1.54) is 0 Å². The van der Waals surface area contributed by atoms with Crippen LogP contribution in [0.3, 0.4) is 0 Å². The van der Waals surface area contributed by atoms with Crippen LogP contribution >= 0.6 is 11.6 Å². The Labute approximate surface area is 129 Å². The van der Waals surface area contributed by atoms with E-state index in [0.29, 0.717) is 5.02 Å². The van der Waals surface area contributed by atoms with Gasteiger partial charge in [0.25, 0.3) is 0 Å². The second-order valence-corrected chi connectivity index (χ2v) is 6.13. The molecular weight excluding hydrogens is 294 g/mol. The molecule has 5 nitrogen and oxygen atoms in total. The predicted molar refractivity (Wildman–Crippen MR) is 80.4 cm³/mol. The summed E-state index contributed by atoms with van der Waals surface area (Å²) in [4.78, 5) is 22.8. The normalized spacial score (nSPS) is 12.8. The first-order chi connectivity index (χ1) is 9.67. The Kier molecular flexibility index (Phi) is 6.18. The molecule has 0 radical (unpaired) electrons. The smallest absolute Gasteiger partial charge is 0.321 e. The molecule has 0 spiro atoms. The van der Waals surface area contributed by atoms with Gasteiger partial charge in [0.05, 0.1) is 6.54 Å². The summed E-state index contributed by atoms with van der Waals surface area (Å²) in [6, 6.07) is 6.05. The van der Waals surface area contributed by atoms with Crippen LogP contribution in [0.4, 0.5) is 0 Å². The predicted octanol–water partition coefficient (Wildman–Crippen LogP) is 2.27. The fourth-order valence-corrected chi connectivity index (χ4v) is 1.81. The summed E-state index contributed by atoms with van der Waals surface area (Å²) >= 11 is 5.78. The Hall–Kier alpha value is -1.59. The summed E-state index contributed by atoms with van der Waals surface area (Å²) < 4.78 is 5.12. The third-order valence-electron chi connectivity index (χ3n) is 2.56. The average molecular weight is 314 g/mol. The number of carbonyl (C=O) groups excluding carboxylic acids is 1. The molecule has 2 N–H and O–H groups in total. The molecule has 0 aliphatic heterocycles. The van der Waals surface area contributed by atoms with E-state index in [1.54, 1.807) is 45.0 Å². The summed E-state index contributed by atoms with van der Waals surface area (Å²) in [5.74, 6) is -1.50. The van der Waals surface area contributed by atoms with E-state index in [0.717, 1.165) is 5.56 Å². The molecule has 0 bridgehead atoms. The van der Waals surface area contributed by atoms with Crippen molar-refractivity contribution in [3.63, 3.8) is 0 Å². The molecule has 0 amide bonds. The van der Waals surface area contributed by atoms with Gasteiger partial charge in [-0.3, -0.25) is 14.9 Å². The van der Waals surface area contributed by atoms with Crippen molar-refractivity contribution in [2.75, 3.05) is 6.54 Å². The summed E-state index contributed by atoms with van der Waals surface area (Å²) in [6.07, 6.45) is 0.259. The lowest BCUT2D eigenvalue weighted by molar-refractivity contribution is -0.154. The van der Waals surface area contributed by atoms with E-state index in [2.05, 4.69) is 5.32 Å². The van der Waals surface area contributed by atoms with Gasteiger partial charge < -0.3 is 9.84 Å². The summed E-state index contributed by atoms with van der Waals surface area (Å²) in [7, 11) is 0. The topological polar surface area (TPSA) is 75.6 Å². The van der Waals surface area contributed by atoms with Crippen molar-refractivity contribution in [1.82, 2.24) is 5.32 Å². The minimum absolute atomic E-state index is 0.151. The van der Waals surface area contributed by atoms with Gasteiger partial charge in [0.1, 0.15) is 11.6 Å². The molecule has 1 atom stereocenters. The number of carboxylic acid groups (broad SMARTS) is 1. The van der Waals surface area contributed by atoms with Crippen LogP contribution in [-0.4, -0.2) is 35.2 Å². The summed E-state index contributed by atoms with van der Waals surface area (Å²) in [5, 5.41) is 12.5. The number of carbonyl (C=O) groups is 2. The lowest BCUT2D eigenvalue weighted by Gasteiger charge is -2.21. The largest absolute Gasteiger partial charge is 0.480 e. The second-order valence-electron chi connectivity index (χ2n) is 5.69. The summed E-state index contributed by atoms with van der Waals surface area (Å²) in [6.45, 7) is 5.12. The molecule has 1 aromatic rings. The number of halogens is 1. The highest BCUT2D eigenvalue weighted by Gasteiger charge is 2.21. The van der Waals surface area contributed by atoms with Crippen LogP contribution in [0.25, 0.3) is 0 Å². The molecule has 0 aromatic heterocycles. The van der Waals surface area contributed by atoms with Crippen molar-refractivity contribution in [2.24, 2.45) is 0 Å². The molecule has 1 rings (SSSR count). The van der Waals surface area contributed by atoms with Crippen molar-refractivity contribution < 1.29 is 19.4 Å². The van der Waals surface area contributed by atoms with Crippen LogP contribution in [0.15, 0.2) is 24.3 Å². The zero-order valence-electron chi connectivity index (χ0n) is 12.4. The standard InChI is InChI=1S/C15H20ClNO4/c1-15(2,3)21-13(18)9-17-12(14(19)20)8-10-4-6-11(16)7-5-10/h4-7,12,17H,8-9H2,1-3H3,(H,19,20)/t12-/m1/s1. The number of rotatable bonds is 6. The Morgan fingerprint density at radius 3 is 2.33 bits per heavy atom. The number of hydrogen-bond acceptors (Lipinski definition) is 4. The van der Waals surface area contributed by atoms with Crippen molar-refractivity contribution >= 4 is 23.5 Å². The molecule has 0 heterocycles. The molecule has 0 aliphatic rings. The lowest BCUT2D eigenvalue weighted by atomic mass is 10.1. The van der Waals surface area contributed by atoms with Crippen molar-refractivity contribution in [2.45, 2.75) is 38.8 Å². The number of aliphatic carboxylic acids is 1. The van der Waals surface area contributed by atoms with E-state index < -0.39 is 23.6 Å². The Morgan fingerprint density at radius 1 is 1.29 bits per heavy atom. The van der Waals surface area contributed by atoms with Crippen molar-refractivity contribution in [1.29, 1.82) is 0 Å². The van der Waals surface area contributed by atoms with Crippen LogP contribution in [0, 0.1) is 0 Å². The Morgan fingerprint density at radius 2 is 1.86 bits per heavy atom. The molecule has 0 fully saturated rings. The van der Waals surface area contributed by atoms with Gasteiger partial charge in [0.2, 0.25) is 0 Å². The molecule has 6 heteroatoms. The molecule has 1 aromatic carbocycles. The highest BCUT2D eigenvalue weighted by atomic mass is 35.5. The minimum Gasteiger partial charge on any atom is -0.480 e. The monoisotopic (exact) mass is 313 g/mol. The maximum atomic E-state index is 11.6. The Balaban J connectivity index is 2.56. The quantitative estimate of drug-likeness (QED) is 0.788. The molecule has 21 heavy (non-hydrogen) atoms. The Bertz CT molecular complexity index is 493. The molecule has 0 saturated carbocycles. The van der Waals surface area contributed by atoms with E-state index in [1.807, 2.05) is 0 Å². The SMILES string of the molecule is CC(C)(C)OC(=O)CN[C@H](Cc1ccc(Cl)cc1)C(=O)O. The fraction of sp³-hybridized carbons (Fsp3) is 0.467. The first-order valence-corrected chi connectivity index (χ1v) is 6.97. The van der Waals surface area contributed by atoms with Crippen LogP contribution in [-0.2, 0) is 20.7 Å². The maximum Gasteiger partial charge on any atom is 0.321 e. The van der Waals surface area contributed by atoms with Crippen LogP contribution in [0.1, 0.15) is 26.3 Å². The third-order valence-corrected chi connectivity index (χ3v) is 2.82. The van der Waals surface area contributed by atoms with Gasteiger partial charge in [-0.25, -0.2) is 0 Å². The van der Waals surface area contributed by atoms with E-state index >= 15 is 0 Å². The molecule has 116 valence electrons. The number of benzene rings is 1. The van der Waals surface area contributed by atoms with Gasteiger partial charge >= 0.3 is 11.9 Å². The first-order valence-electron chi connectivity index (χ1n) is 6.60. The number of carboxylic acids is 1. The van der Waals surface area contributed by atoms with Gasteiger partial charge in [-0.15, -0.1) is 0 Å². The van der Waals surface area contributed by atoms with Gasteiger partial charge in [0, 0.05) is 5.02 Å². The average Bonchev–Trinajstić information content (AvgIpc) is 2.34. The van der Waals surface area contributed by atoms with Crippen molar-refractivity contribution in [3.8, 4) is 0 Å². The molecule has 0 unspecified atom stereocenters. The van der Waals surface area contributed by atoms with Crippen molar-refractivity contribution in [3.05, 3.63) is 34.9 Å². The third kappa shape index (κ3) is 7.11. The van der Waals surface area contributed by atoms with E-state index in [9.17, 15) is 14.7 Å². The van der Waals surface area contributed by atoms with Gasteiger partial charge in [-0.05, 0) is 44.9 Å². The highest BCUT2D eigenvalue weighted by molar-refractivity contribution is 6.30. The van der Waals surface area contributed by atoms with Gasteiger partial charge in [-0.1, -0.05) is 23.7 Å².